The molecule has 0 fully saturated rings. The minimum absolute atomic E-state index is 0.0730. The second-order valence-electron chi connectivity index (χ2n) is 8.43. The molecule has 1 amide bonds. The van der Waals surface area contributed by atoms with E-state index >= 15 is 0 Å². The van der Waals surface area contributed by atoms with Gasteiger partial charge in [0, 0.05) is 39.4 Å². The molecule has 3 aromatic carbocycles. The summed E-state index contributed by atoms with van der Waals surface area (Å²) >= 11 is 0. The van der Waals surface area contributed by atoms with Crippen LogP contribution in [0.4, 0.5) is 10.5 Å². The van der Waals surface area contributed by atoms with Crippen LogP contribution in [0, 0.1) is 0 Å². The highest BCUT2D eigenvalue weighted by Gasteiger charge is 2.25. The van der Waals surface area contributed by atoms with Gasteiger partial charge in [-0.05, 0) is 40.8 Å². The summed E-state index contributed by atoms with van der Waals surface area (Å²) in [4.78, 5) is 17.0. The molecule has 0 aromatic heterocycles. The lowest BCUT2D eigenvalue weighted by Crippen LogP contribution is -2.40. The maximum atomic E-state index is 12.4. The summed E-state index contributed by atoms with van der Waals surface area (Å²) in [6, 6.07) is 27.0. The van der Waals surface area contributed by atoms with Crippen molar-refractivity contribution in [2.45, 2.75) is 25.6 Å². The van der Waals surface area contributed by atoms with E-state index < -0.39 is 0 Å². The second-order valence-corrected chi connectivity index (χ2v) is 8.43. The predicted octanol–water partition coefficient (Wildman–Crippen LogP) is 4.78. The number of carbonyl (C=O) groups is 1. The van der Waals surface area contributed by atoms with Gasteiger partial charge in [0.05, 0.1) is 6.04 Å². The highest BCUT2D eigenvalue weighted by molar-refractivity contribution is 5.67. The van der Waals surface area contributed by atoms with Gasteiger partial charge in [-0.3, -0.25) is 4.90 Å². The zero-order valence-corrected chi connectivity index (χ0v) is 18.8. The molecule has 1 aliphatic heterocycles. The summed E-state index contributed by atoms with van der Waals surface area (Å²) in [5, 5.41) is 3.00. The van der Waals surface area contributed by atoms with Gasteiger partial charge >= 0.3 is 6.09 Å². The molecule has 166 valence electrons. The average molecular weight is 430 g/mol. The molecule has 1 aliphatic rings. The molecule has 0 aliphatic carbocycles. The molecular weight excluding hydrogens is 398 g/mol. The molecule has 0 bridgehead atoms. The van der Waals surface area contributed by atoms with Crippen LogP contribution in [0.5, 0.6) is 0 Å². The van der Waals surface area contributed by atoms with Crippen LogP contribution in [-0.2, 0) is 24.3 Å². The molecule has 0 unspecified atom stereocenters. The molecule has 1 atom stereocenters. The normalized spacial score (nSPS) is 14.3. The van der Waals surface area contributed by atoms with Gasteiger partial charge in [0.25, 0.3) is 0 Å². The van der Waals surface area contributed by atoms with Crippen molar-refractivity contribution >= 4 is 11.8 Å². The smallest absolute Gasteiger partial charge is 0.407 e. The van der Waals surface area contributed by atoms with Crippen molar-refractivity contribution in [3.05, 3.63) is 101 Å². The van der Waals surface area contributed by atoms with Crippen molar-refractivity contribution in [1.82, 2.24) is 10.2 Å². The Hall–Kier alpha value is -3.31. The zero-order valence-electron chi connectivity index (χ0n) is 18.8. The van der Waals surface area contributed by atoms with Crippen molar-refractivity contribution < 1.29 is 9.53 Å². The first kappa shape index (κ1) is 21.9. The van der Waals surface area contributed by atoms with E-state index in [-0.39, 0.29) is 18.7 Å². The van der Waals surface area contributed by atoms with Gasteiger partial charge in [0.2, 0.25) is 0 Å². The van der Waals surface area contributed by atoms with Gasteiger partial charge in [-0.1, -0.05) is 66.7 Å². The topological polar surface area (TPSA) is 44.8 Å². The van der Waals surface area contributed by atoms with Crippen LogP contribution in [0.2, 0.25) is 0 Å². The first-order chi connectivity index (χ1) is 15.6. The summed E-state index contributed by atoms with van der Waals surface area (Å²) in [5.41, 5.74) is 6.11. The molecule has 5 nitrogen and oxygen atoms in total. The number of alkyl carbamates (subject to hydrolysis) is 1. The Labute approximate surface area is 190 Å². The number of fused-ring (bicyclic) bond motifs is 1. The van der Waals surface area contributed by atoms with Gasteiger partial charge in [0.15, 0.2) is 0 Å². The fourth-order valence-electron chi connectivity index (χ4n) is 4.19. The van der Waals surface area contributed by atoms with Crippen LogP contribution in [0.1, 0.15) is 28.3 Å². The standard InChI is InChI=1S/C27H31N3O2/c1-29(2)25-14-12-23(13-15-25)26(30-17-16-22-10-6-7-11-24(22)19-30)18-28-27(31)32-20-21-8-4-3-5-9-21/h3-15,26H,16-20H2,1-2H3,(H,28,31)/t26-/m1/s1. The number of anilines is 1. The third-order valence-corrected chi connectivity index (χ3v) is 6.05. The lowest BCUT2D eigenvalue weighted by molar-refractivity contribution is 0.129. The number of nitrogens with one attached hydrogen (secondary N) is 1. The minimum Gasteiger partial charge on any atom is -0.445 e. The van der Waals surface area contributed by atoms with E-state index in [0.29, 0.717) is 6.54 Å². The number of hydrogen-bond donors (Lipinski definition) is 1. The van der Waals surface area contributed by atoms with Crippen LogP contribution in [0.3, 0.4) is 0 Å². The van der Waals surface area contributed by atoms with Crippen LogP contribution >= 0.6 is 0 Å². The van der Waals surface area contributed by atoms with E-state index in [0.717, 1.165) is 30.8 Å². The third kappa shape index (κ3) is 5.48. The molecule has 4 rings (SSSR count). The van der Waals surface area contributed by atoms with E-state index in [1.54, 1.807) is 0 Å². The zero-order chi connectivity index (χ0) is 22.3. The third-order valence-electron chi connectivity index (χ3n) is 6.05. The Morgan fingerprint density at radius 2 is 1.66 bits per heavy atom. The van der Waals surface area contributed by atoms with Gasteiger partial charge in [-0.25, -0.2) is 4.79 Å². The van der Waals surface area contributed by atoms with E-state index in [9.17, 15) is 4.79 Å². The fourth-order valence-corrected chi connectivity index (χ4v) is 4.19. The van der Waals surface area contributed by atoms with E-state index in [1.165, 1.54) is 16.7 Å². The summed E-state index contributed by atoms with van der Waals surface area (Å²) in [5.74, 6) is 0. The summed E-state index contributed by atoms with van der Waals surface area (Å²) < 4.78 is 5.43. The van der Waals surface area contributed by atoms with Crippen molar-refractivity contribution in [3.8, 4) is 0 Å². The largest absolute Gasteiger partial charge is 0.445 e. The van der Waals surface area contributed by atoms with Crippen molar-refractivity contribution in [3.63, 3.8) is 0 Å². The fraction of sp³-hybridized carbons (Fsp3) is 0.296. The highest BCUT2D eigenvalue weighted by atomic mass is 16.5. The Kier molecular flexibility index (Phi) is 7.07. The molecule has 0 radical (unpaired) electrons. The molecule has 0 spiro atoms. The first-order valence-corrected chi connectivity index (χ1v) is 11.1. The quantitative estimate of drug-likeness (QED) is 0.587. The van der Waals surface area contributed by atoms with Crippen molar-refractivity contribution in [1.29, 1.82) is 0 Å². The minimum atomic E-state index is -0.388. The van der Waals surface area contributed by atoms with E-state index in [4.69, 9.17) is 4.74 Å². The van der Waals surface area contributed by atoms with Gasteiger partial charge in [-0.15, -0.1) is 0 Å². The summed E-state index contributed by atoms with van der Waals surface area (Å²) in [6.45, 7) is 2.60. The van der Waals surface area contributed by atoms with E-state index in [1.807, 2.05) is 44.4 Å². The lowest BCUT2D eigenvalue weighted by atomic mass is 9.96. The maximum Gasteiger partial charge on any atom is 0.407 e. The first-order valence-electron chi connectivity index (χ1n) is 11.1. The Morgan fingerprint density at radius 1 is 0.969 bits per heavy atom. The number of carbonyl (C=O) groups excluding carboxylic acids is 1. The SMILES string of the molecule is CN(C)c1ccc([C@@H](CNC(=O)OCc2ccccc2)N2CCc3ccccc3C2)cc1. The number of benzene rings is 3. The molecule has 0 saturated heterocycles. The molecule has 0 saturated carbocycles. The lowest BCUT2D eigenvalue weighted by Gasteiger charge is -2.36. The Bertz CT molecular complexity index is 1020. The number of rotatable bonds is 7. The van der Waals surface area contributed by atoms with Crippen LogP contribution in [0.15, 0.2) is 78.9 Å². The molecule has 32 heavy (non-hydrogen) atoms. The van der Waals surface area contributed by atoms with Crippen molar-refractivity contribution in [2.75, 3.05) is 32.1 Å². The van der Waals surface area contributed by atoms with Gasteiger partial charge < -0.3 is 15.0 Å². The monoisotopic (exact) mass is 429 g/mol. The maximum absolute atomic E-state index is 12.4. The van der Waals surface area contributed by atoms with Crippen LogP contribution < -0.4 is 10.2 Å². The number of hydrogen-bond acceptors (Lipinski definition) is 4. The Balaban J connectivity index is 1.45. The Morgan fingerprint density at radius 3 is 2.38 bits per heavy atom. The highest BCUT2D eigenvalue weighted by Crippen LogP contribution is 2.28. The molecular formula is C27H31N3O2. The number of ether oxygens (including phenoxy) is 1. The summed E-state index contributed by atoms with van der Waals surface area (Å²) in [6.07, 6.45) is 0.627. The van der Waals surface area contributed by atoms with Crippen LogP contribution in [-0.4, -0.2) is 38.2 Å². The predicted molar refractivity (Wildman–Crippen MR) is 129 cm³/mol. The molecule has 5 heteroatoms. The van der Waals surface area contributed by atoms with Crippen LogP contribution in [0.25, 0.3) is 0 Å². The average Bonchev–Trinajstić information content (AvgIpc) is 2.83. The van der Waals surface area contributed by atoms with Gasteiger partial charge in [0.1, 0.15) is 6.61 Å². The second kappa shape index (κ2) is 10.3. The number of nitrogens with zero attached hydrogens (tertiary/aromatic N) is 2. The molecule has 1 heterocycles. The molecule has 3 aromatic rings. The van der Waals surface area contributed by atoms with Gasteiger partial charge in [-0.2, -0.15) is 0 Å². The summed E-state index contributed by atoms with van der Waals surface area (Å²) in [7, 11) is 4.08. The number of amides is 1. The van der Waals surface area contributed by atoms with E-state index in [2.05, 4.69) is 63.6 Å². The van der Waals surface area contributed by atoms with Crippen molar-refractivity contribution in [2.24, 2.45) is 0 Å². The molecule has 1 N–H and O–H groups in total.